The molecule has 0 fully saturated rings. The first kappa shape index (κ1) is 33.0. The molecule has 1 unspecified atom stereocenters. The number of hydrogen-bond donors (Lipinski definition) is 1. The van der Waals surface area contributed by atoms with E-state index < -0.39 is 11.7 Å². The highest BCUT2D eigenvalue weighted by Crippen LogP contribution is 2.40. The van der Waals surface area contributed by atoms with Crippen LogP contribution >= 0.6 is 0 Å². The van der Waals surface area contributed by atoms with E-state index in [0.717, 1.165) is 29.0 Å². The van der Waals surface area contributed by atoms with E-state index in [-0.39, 0.29) is 13.2 Å². The van der Waals surface area contributed by atoms with Gasteiger partial charge in [-0.3, -0.25) is 0 Å². The molecule has 0 heterocycles. The Hall–Kier alpha value is -2.46. The third-order valence-electron chi connectivity index (χ3n) is 7.91. The van der Waals surface area contributed by atoms with Crippen LogP contribution in [0.15, 0.2) is 91.0 Å². The first-order valence-corrected chi connectivity index (χ1v) is 16.2. The second kappa shape index (κ2) is 19.6. The minimum atomic E-state index is -0.821. The van der Waals surface area contributed by atoms with Gasteiger partial charge in [0.15, 0.2) is 0 Å². The largest absolute Gasteiger partial charge is 0.388 e. The van der Waals surface area contributed by atoms with Crippen LogP contribution in [0.4, 0.5) is 0 Å². The SMILES string of the molecule is CC(C)CCCCCCCCCCCCCOCC(O)COC(c1ccccc1)(c1ccccc1)c1ccccc1. The summed E-state index contributed by atoms with van der Waals surface area (Å²) in [6, 6.07) is 30.8. The van der Waals surface area contributed by atoms with Gasteiger partial charge in [-0.15, -0.1) is 0 Å². The van der Waals surface area contributed by atoms with Crippen LogP contribution in [-0.4, -0.2) is 31.0 Å². The van der Waals surface area contributed by atoms with Crippen molar-refractivity contribution >= 4 is 0 Å². The molecule has 0 aliphatic carbocycles. The maximum Gasteiger partial charge on any atom is 0.143 e. The lowest BCUT2D eigenvalue weighted by atomic mass is 9.80. The van der Waals surface area contributed by atoms with Crippen molar-refractivity contribution < 1.29 is 14.6 Å². The second-order valence-electron chi connectivity index (χ2n) is 11.9. The molecule has 0 bridgehead atoms. The average Bonchev–Trinajstić information content (AvgIpc) is 3.01. The first-order chi connectivity index (χ1) is 20.1. The fourth-order valence-electron chi connectivity index (χ4n) is 5.60. The van der Waals surface area contributed by atoms with E-state index in [0.29, 0.717) is 6.61 Å². The molecule has 1 N–H and O–H groups in total. The summed E-state index contributed by atoms with van der Waals surface area (Å²) in [5.41, 5.74) is 2.28. The summed E-state index contributed by atoms with van der Waals surface area (Å²) in [6.45, 7) is 5.79. The highest BCUT2D eigenvalue weighted by Gasteiger charge is 2.38. The predicted molar refractivity (Wildman–Crippen MR) is 172 cm³/mol. The molecule has 41 heavy (non-hydrogen) atoms. The van der Waals surface area contributed by atoms with Crippen molar-refractivity contribution in [3.05, 3.63) is 108 Å². The molecule has 0 amide bonds. The third-order valence-corrected chi connectivity index (χ3v) is 7.91. The molecule has 1 atom stereocenters. The van der Waals surface area contributed by atoms with Gasteiger partial charge in [0.2, 0.25) is 0 Å². The van der Waals surface area contributed by atoms with Gasteiger partial charge in [-0.25, -0.2) is 0 Å². The smallest absolute Gasteiger partial charge is 0.143 e. The van der Waals surface area contributed by atoms with Gasteiger partial charge in [-0.1, -0.05) is 175 Å². The minimum absolute atomic E-state index is 0.177. The van der Waals surface area contributed by atoms with Crippen LogP contribution in [0, 0.1) is 5.92 Å². The Morgan fingerprint density at radius 3 is 1.34 bits per heavy atom. The van der Waals surface area contributed by atoms with Gasteiger partial charge in [0.25, 0.3) is 0 Å². The van der Waals surface area contributed by atoms with Gasteiger partial charge >= 0.3 is 0 Å². The van der Waals surface area contributed by atoms with Crippen molar-refractivity contribution in [3.8, 4) is 0 Å². The van der Waals surface area contributed by atoms with Gasteiger partial charge in [-0.2, -0.15) is 0 Å². The van der Waals surface area contributed by atoms with E-state index in [1.807, 2.05) is 54.6 Å². The lowest BCUT2D eigenvalue weighted by Gasteiger charge is -2.36. The van der Waals surface area contributed by atoms with Crippen molar-refractivity contribution in [2.75, 3.05) is 19.8 Å². The Balaban J connectivity index is 1.36. The maximum atomic E-state index is 10.8. The maximum absolute atomic E-state index is 10.8. The van der Waals surface area contributed by atoms with Gasteiger partial charge in [0.1, 0.15) is 11.7 Å². The fourth-order valence-corrected chi connectivity index (χ4v) is 5.60. The zero-order valence-corrected chi connectivity index (χ0v) is 25.7. The molecule has 0 radical (unpaired) electrons. The van der Waals surface area contributed by atoms with Gasteiger partial charge in [0.05, 0.1) is 13.2 Å². The summed E-state index contributed by atoms with van der Waals surface area (Å²) in [7, 11) is 0. The van der Waals surface area contributed by atoms with Crippen molar-refractivity contribution in [3.63, 3.8) is 0 Å². The molecule has 0 aliphatic rings. The molecule has 0 aliphatic heterocycles. The minimum Gasteiger partial charge on any atom is -0.388 e. The molecule has 224 valence electrons. The summed E-state index contributed by atoms with van der Waals surface area (Å²) < 4.78 is 12.6. The Bertz CT molecular complexity index is 922. The van der Waals surface area contributed by atoms with E-state index >= 15 is 0 Å². The van der Waals surface area contributed by atoms with Crippen molar-refractivity contribution in [1.29, 1.82) is 0 Å². The van der Waals surface area contributed by atoms with E-state index in [2.05, 4.69) is 50.2 Å². The van der Waals surface area contributed by atoms with Crippen LogP contribution in [0.3, 0.4) is 0 Å². The van der Waals surface area contributed by atoms with Crippen LogP contribution in [0.5, 0.6) is 0 Å². The lowest BCUT2D eigenvalue weighted by molar-refractivity contribution is -0.0641. The molecule has 0 saturated carbocycles. The van der Waals surface area contributed by atoms with E-state index in [1.165, 1.54) is 70.6 Å². The Kier molecular flexibility index (Phi) is 15.8. The predicted octanol–water partition coefficient (Wildman–Crippen LogP) is 9.71. The second-order valence-corrected chi connectivity index (χ2v) is 11.9. The van der Waals surface area contributed by atoms with Crippen LogP contribution in [0.25, 0.3) is 0 Å². The van der Waals surface area contributed by atoms with Crippen molar-refractivity contribution in [2.45, 2.75) is 103 Å². The van der Waals surface area contributed by atoms with E-state index in [4.69, 9.17) is 9.47 Å². The van der Waals surface area contributed by atoms with Gasteiger partial charge in [0, 0.05) is 6.61 Å². The number of aliphatic hydroxyl groups is 1. The third kappa shape index (κ3) is 11.7. The molecule has 3 nitrogen and oxygen atoms in total. The van der Waals surface area contributed by atoms with E-state index in [9.17, 15) is 5.11 Å². The molecule has 3 heteroatoms. The molecular weight excluding hydrogens is 504 g/mol. The molecule has 3 aromatic carbocycles. The Morgan fingerprint density at radius 1 is 0.537 bits per heavy atom. The molecule has 3 aromatic rings. The van der Waals surface area contributed by atoms with Crippen LogP contribution in [0.1, 0.15) is 108 Å². The molecule has 0 spiro atoms. The molecular formula is C38H54O3. The summed E-state index contributed by atoms with van der Waals surface area (Å²) in [6.07, 6.45) is 15.3. The van der Waals surface area contributed by atoms with Crippen LogP contribution in [0.2, 0.25) is 0 Å². The number of benzene rings is 3. The van der Waals surface area contributed by atoms with Crippen molar-refractivity contribution in [2.24, 2.45) is 5.92 Å². The van der Waals surface area contributed by atoms with Gasteiger partial charge in [-0.05, 0) is 29.0 Å². The highest BCUT2D eigenvalue weighted by atomic mass is 16.5. The highest BCUT2D eigenvalue weighted by molar-refractivity contribution is 5.47. The quantitative estimate of drug-likeness (QED) is 0.0985. The number of ether oxygens (including phenoxy) is 2. The fraction of sp³-hybridized carbons (Fsp3) is 0.526. The monoisotopic (exact) mass is 558 g/mol. The van der Waals surface area contributed by atoms with Crippen molar-refractivity contribution in [1.82, 2.24) is 0 Å². The number of aliphatic hydroxyl groups excluding tert-OH is 1. The molecule has 0 aromatic heterocycles. The standard InChI is InChI=1S/C38H54O3/c1-33(2)23-15-10-8-6-4-3-5-7-9-11-22-30-40-31-37(39)32-41-38(34-24-16-12-17-25-34,35-26-18-13-19-27-35)36-28-20-14-21-29-36/h12-14,16-21,24-29,33,37,39H,3-11,15,22-23,30-32H2,1-2H3. The zero-order valence-electron chi connectivity index (χ0n) is 25.7. The number of rotatable bonds is 22. The van der Waals surface area contributed by atoms with Crippen LogP contribution in [-0.2, 0) is 15.1 Å². The first-order valence-electron chi connectivity index (χ1n) is 16.2. The Labute approximate surface area is 250 Å². The molecule has 0 saturated heterocycles. The average molecular weight is 559 g/mol. The Morgan fingerprint density at radius 2 is 0.927 bits per heavy atom. The summed E-state index contributed by atoms with van der Waals surface area (Å²) in [5.74, 6) is 0.851. The summed E-state index contributed by atoms with van der Waals surface area (Å²) in [4.78, 5) is 0. The van der Waals surface area contributed by atoms with Crippen LogP contribution < -0.4 is 0 Å². The normalized spacial score (nSPS) is 12.6. The topological polar surface area (TPSA) is 38.7 Å². The summed E-state index contributed by atoms with van der Waals surface area (Å²) >= 11 is 0. The number of unbranched alkanes of at least 4 members (excludes halogenated alkanes) is 10. The summed E-state index contributed by atoms with van der Waals surface area (Å²) in [5, 5.41) is 10.8. The van der Waals surface area contributed by atoms with Gasteiger partial charge < -0.3 is 14.6 Å². The zero-order chi connectivity index (χ0) is 29.0. The number of hydrogen-bond acceptors (Lipinski definition) is 3. The van der Waals surface area contributed by atoms with E-state index in [1.54, 1.807) is 0 Å². The lowest BCUT2D eigenvalue weighted by Crippen LogP contribution is -2.36. The molecule has 3 rings (SSSR count).